The number of fused-ring (bicyclic) bond motifs is 3. The van der Waals surface area contributed by atoms with Crippen molar-refractivity contribution in [2.24, 2.45) is 5.73 Å². The molecule has 2 aliphatic rings. The van der Waals surface area contributed by atoms with Gasteiger partial charge >= 0.3 is 0 Å². The molecule has 6 rings (SSSR count). The number of sulfone groups is 1. The molecule has 0 spiro atoms. The van der Waals surface area contributed by atoms with Crippen molar-refractivity contribution in [2.45, 2.75) is 48.6 Å². The maximum Gasteiger partial charge on any atom is 0.188 e. The van der Waals surface area contributed by atoms with Gasteiger partial charge in [-0.15, -0.1) is 0 Å². The second-order valence-electron chi connectivity index (χ2n) is 9.92. The molecule has 5 heterocycles. The van der Waals surface area contributed by atoms with Crippen LogP contribution in [0.4, 0.5) is 5.82 Å². The fourth-order valence-corrected chi connectivity index (χ4v) is 7.06. The lowest BCUT2D eigenvalue weighted by Gasteiger charge is -2.39. The zero-order chi connectivity index (χ0) is 25.9. The molecule has 0 saturated carbocycles. The van der Waals surface area contributed by atoms with Crippen LogP contribution in [0, 0.1) is 5.41 Å². The number of nitrogens with one attached hydrogen (secondary N) is 1. The molecule has 0 amide bonds. The van der Waals surface area contributed by atoms with Gasteiger partial charge in [-0.1, -0.05) is 36.4 Å². The van der Waals surface area contributed by atoms with Crippen molar-refractivity contribution in [1.29, 1.82) is 5.41 Å². The minimum absolute atomic E-state index is 0.0351. The van der Waals surface area contributed by atoms with Crippen LogP contribution in [0.1, 0.15) is 37.3 Å². The first-order valence-corrected chi connectivity index (χ1v) is 14.1. The fraction of sp³-hybridized carbons (Fsp3) is 0.308. The smallest absolute Gasteiger partial charge is 0.188 e. The van der Waals surface area contributed by atoms with Gasteiger partial charge in [0.05, 0.1) is 17.6 Å². The number of pyridine rings is 1. The maximum absolute atomic E-state index is 12.9. The average molecular weight is 517 g/mol. The SMILES string of the molecule is CS(=O)(=O)c1c([C@H]2CC3CC[C@@H](C2)N3C(=N)N)nc2c(-c3ccc(-c4ccccc4)nc3)cnn2c1N. The van der Waals surface area contributed by atoms with Crippen LogP contribution in [-0.2, 0) is 9.84 Å². The summed E-state index contributed by atoms with van der Waals surface area (Å²) in [5.41, 5.74) is 16.7. The van der Waals surface area contributed by atoms with E-state index < -0.39 is 9.84 Å². The van der Waals surface area contributed by atoms with Gasteiger partial charge < -0.3 is 16.4 Å². The van der Waals surface area contributed by atoms with E-state index in [1.54, 1.807) is 12.4 Å². The van der Waals surface area contributed by atoms with Crippen LogP contribution < -0.4 is 11.5 Å². The number of rotatable bonds is 4. The zero-order valence-electron chi connectivity index (χ0n) is 20.4. The van der Waals surface area contributed by atoms with E-state index in [0.29, 0.717) is 24.2 Å². The Bertz CT molecular complexity index is 1600. The van der Waals surface area contributed by atoms with E-state index in [1.807, 2.05) is 47.4 Å². The first-order valence-electron chi connectivity index (χ1n) is 12.2. The summed E-state index contributed by atoms with van der Waals surface area (Å²) in [6.45, 7) is 0. The third kappa shape index (κ3) is 3.90. The lowest BCUT2D eigenvalue weighted by Crippen LogP contribution is -2.49. The van der Waals surface area contributed by atoms with E-state index in [9.17, 15) is 8.42 Å². The summed E-state index contributed by atoms with van der Waals surface area (Å²) in [5.74, 6) is 0.0113. The second kappa shape index (κ2) is 8.55. The third-order valence-electron chi connectivity index (χ3n) is 7.58. The molecule has 0 radical (unpaired) electrons. The molecule has 190 valence electrons. The van der Waals surface area contributed by atoms with Crippen molar-refractivity contribution < 1.29 is 8.42 Å². The molecule has 1 unspecified atom stereocenters. The Morgan fingerprint density at radius 3 is 2.32 bits per heavy atom. The second-order valence-corrected chi connectivity index (χ2v) is 11.9. The number of guanidine groups is 1. The van der Waals surface area contributed by atoms with Gasteiger partial charge in [-0.25, -0.2) is 13.4 Å². The van der Waals surface area contributed by atoms with Crippen LogP contribution in [0.5, 0.6) is 0 Å². The number of nitrogens with zero attached hydrogens (tertiary/aromatic N) is 5. The maximum atomic E-state index is 12.9. The van der Waals surface area contributed by atoms with Gasteiger partial charge in [0.1, 0.15) is 10.7 Å². The van der Waals surface area contributed by atoms with Crippen molar-refractivity contribution >= 4 is 27.3 Å². The van der Waals surface area contributed by atoms with Crippen molar-refractivity contribution in [3.05, 3.63) is 60.6 Å². The van der Waals surface area contributed by atoms with Crippen LogP contribution in [0.25, 0.3) is 28.0 Å². The topological polar surface area (TPSA) is 156 Å². The number of nitrogen functional groups attached to an aromatic ring is 1. The Morgan fingerprint density at radius 2 is 1.73 bits per heavy atom. The number of hydrogen-bond donors (Lipinski definition) is 3. The van der Waals surface area contributed by atoms with E-state index in [4.69, 9.17) is 21.9 Å². The molecule has 3 aromatic heterocycles. The number of piperidine rings is 1. The molecule has 0 aliphatic carbocycles. The number of aromatic nitrogens is 4. The standard InChI is InChI=1S/C26H28N8O2S/c1-37(35,36)23-22(17-11-18-8-9-19(12-17)33(18)26(28)29)32-25-20(14-31-34(25)24(23)27)16-7-10-21(30-13-16)15-5-3-2-4-6-15/h2-7,10,13-14,17-19H,8-9,11-12,27H2,1H3,(H3,28,29)/t17-,18+,19?/m1/s1. The fourth-order valence-electron chi connectivity index (χ4n) is 6.00. The van der Waals surface area contributed by atoms with Crippen molar-refractivity contribution in [1.82, 2.24) is 24.5 Å². The number of benzene rings is 1. The summed E-state index contributed by atoms with van der Waals surface area (Å²) in [6.07, 6.45) is 7.75. The molecule has 2 aliphatic heterocycles. The highest BCUT2D eigenvalue weighted by Gasteiger charge is 2.44. The summed E-state index contributed by atoms with van der Waals surface area (Å²) in [6, 6.07) is 14.0. The summed E-state index contributed by atoms with van der Waals surface area (Å²) in [5, 5.41) is 12.4. The van der Waals surface area contributed by atoms with Crippen molar-refractivity contribution in [2.75, 3.05) is 12.0 Å². The minimum Gasteiger partial charge on any atom is -0.382 e. The monoisotopic (exact) mass is 516 g/mol. The largest absolute Gasteiger partial charge is 0.382 e. The van der Waals surface area contributed by atoms with E-state index in [-0.39, 0.29) is 34.7 Å². The number of nitrogens with two attached hydrogens (primary N) is 2. The molecule has 2 saturated heterocycles. The molecule has 37 heavy (non-hydrogen) atoms. The van der Waals surface area contributed by atoms with Gasteiger partial charge in [0.2, 0.25) is 0 Å². The predicted molar refractivity (Wildman–Crippen MR) is 142 cm³/mol. The van der Waals surface area contributed by atoms with E-state index in [1.165, 1.54) is 4.52 Å². The average Bonchev–Trinajstić information content (AvgIpc) is 3.42. The normalized spacial score (nSPS) is 21.4. The molecule has 3 atom stereocenters. The predicted octanol–water partition coefficient (Wildman–Crippen LogP) is 3.05. The van der Waals surface area contributed by atoms with Gasteiger partial charge in [0, 0.05) is 47.1 Å². The zero-order valence-corrected chi connectivity index (χ0v) is 21.2. The van der Waals surface area contributed by atoms with E-state index in [0.717, 1.165) is 41.5 Å². The van der Waals surface area contributed by atoms with Crippen LogP contribution in [0.3, 0.4) is 0 Å². The van der Waals surface area contributed by atoms with Crippen LogP contribution in [0.2, 0.25) is 0 Å². The molecular formula is C26H28N8O2S. The highest BCUT2D eigenvalue weighted by Crippen LogP contribution is 2.45. The molecular weight excluding hydrogens is 488 g/mol. The van der Waals surface area contributed by atoms with Gasteiger partial charge in [-0.2, -0.15) is 9.61 Å². The third-order valence-corrected chi connectivity index (χ3v) is 8.74. The van der Waals surface area contributed by atoms with Crippen molar-refractivity contribution in [3.8, 4) is 22.4 Å². The Morgan fingerprint density at radius 1 is 1.03 bits per heavy atom. The van der Waals surface area contributed by atoms with E-state index >= 15 is 0 Å². The van der Waals surface area contributed by atoms with Gasteiger partial charge in [-0.3, -0.25) is 10.4 Å². The molecule has 2 bridgehead atoms. The molecule has 11 heteroatoms. The first-order chi connectivity index (χ1) is 17.7. The Hall–Kier alpha value is -3.99. The highest BCUT2D eigenvalue weighted by atomic mass is 32.2. The lowest BCUT2D eigenvalue weighted by atomic mass is 9.88. The Labute approximate surface area is 214 Å². The van der Waals surface area contributed by atoms with E-state index in [2.05, 4.69) is 10.1 Å². The minimum atomic E-state index is -3.68. The molecule has 2 fully saturated rings. The van der Waals surface area contributed by atoms with Crippen molar-refractivity contribution in [3.63, 3.8) is 0 Å². The quantitative estimate of drug-likeness (QED) is 0.276. The summed E-state index contributed by atoms with van der Waals surface area (Å²) < 4.78 is 27.3. The summed E-state index contributed by atoms with van der Waals surface area (Å²) >= 11 is 0. The number of hydrogen-bond acceptors (Lipinski definition) is 7. The van der Waals surface area contributed by atoms with Crippen LogP contribution in [0.15, 0.2) is 59.8 Å². The summed E-state index contributed by atoms with van der Waals surface area (Å²) in [4.78, 5) is 11.5. The molecule has 4 aromatic rings. The summed E-state index contributed by atoms with van der Waals surface area (Å²) in [7, 11) is -3.68. The lowest BCUT2D eigenvalue weighted by molar-refractivity contribution is 0.208. The molecule has 5 N–H and O–H groups in total. The van der Waals surface area contributed by atoms with Crippen LogP contribution >= 0.6 is 0 Å². The van der Waals surface area contributed by atoms with Gasteiger partial charge in [0.25, 0.3) is 0 Å². The number of anilines is 1. The Balaban J connectivity index is 1.46. The van der Waals surface area contributed by atoms with Gasteiger partial charge in [0.15, 0.2) is 21.4 Å². The Kier molecular flexibility index (Phi) is 5.41. The van der Waals surface area contributed by atoms with Gasteiger partial charge in [-0.05, 0) is 31.7 Å². The molecule has 1 aromatic carbocycles. The first kappa shape index (κ1) is 23.4. The molecule has 10 nitrogen and oxygen atoms in total. The van der Waals surface area contributed by atoms with Crippen LogP contribution in [-0.4, -0.2) is 57.2 Å². The highest BCUT2D eigenvalue weighted by molar-refractivity contribution is 7.91.